The van der Waals surface area contributed by atoms with Gasteiger partial charge in [0, 0.05) is 19.5 Å². The van der Waals surface area contributed by atoms with Crippen LogP contribution in [0.25, 0.3) is 0 Å². The van der Waals surface area contributed by atoms with Crippen LogP contribution in [0.4, 0.5) is 0 Å². The van der Waals surface area contributed by atoms with Crippen LogP contribution < -0.4 is 0 Å². The minimum absolute atomic E-state index is 0.135. The van der Waals surface area contributed by atoms with E-state index in [2.05, 4.69) is 4.90 Å². The third kappa shape index (κ3) is 2.08. The highest BCUT2D eigenvalue weighted by atomic mass is 16.5. The maximum absolute atomic E-state index is 10.1. The topological polar surface area (TPSA) is 29.5 Å². The van der Waals surface area contributed by atoms with E-state index in [-0.39, 0.29) is 6.10 Å². The Morgan fingerprint density at radius 2 is 2.60 bits per heavy atom. The van der Waals surface area contributed by atoms with Gasteiger partial charge >= 0.3 is 0 Å². The second kappa shape index (κ2) is 3.68. The Balaban J connectivity index is 2.24. The van der Waals surface area contributed by atoms with Crippen LogP contribution >= 0.6 is 0 Å². The first-order chi connectivity index (χ1) is 4.83. The summed E-state index contributed by atoms with van der Waals surface area (Å²) in [7, 11) is 2.04. The van der Waals surface area contributed by atoms with E-state index in [1.54, 1.807) is 0 Å². The van der Waals surface area contributed by atoms with E-state index in [4.69, 9.17) is 4.74 Å². The Labute approximate surface area is 61.0 Å². The summed E-state index contributed by atoms with van der Waals surface area (Å²) in [4.78, 5) is 12.3. The molecule has 1 saturated heterocycles. The molecule has 1 fully saturated rings. The monoisotopic (exact) mass is 143 g/mol. The van der Waals surface area contributed by atoms with Gasteiger partial charge in [-0.15, -0.1) is 0 Å². The van der Waals surface area contributed by atoms with Crippen LogP contribution in [-0.2, 0) is 9.53 Å². The Hall–Kier alpha value is -0.410. The van der Waals surface area contributed by atoms with Crippen molar-refractivity contribution in [3.63, 3.8) is 0 Å². The zero-order chi connectivity index (χ0) is 7.40. The number of nitrogens with zero attached hydrogens (tertiary/aromatic N) is 1. The molecule has 3 nitrogen and oxygen atoms in total. The molecule has 0 radical (unpaired) electrons. The SMILES string of the molecule is CN1CCOC(CC=O)C1. The fourth-order valence-electron chi connectivity index (χ4n) is 1.12. The molecule has 0 aliphatic carbocycles. The number of morpholine rings is 1. The zero-order valence-electron chi connectivity index (χ0n) is 6.25. The highest BCUT2D eigenvalue weighted by molar-refractivity contribution is 5.50. The third-order valence-electron chi connectivity index (χ3n) is 1.70. The number of hydrogen-bond acceptors (Lipinski definition) is 3. The van der Waals surface area contributed by atoms with E-state index in [0.29, 0.717) is 6.42 Å². The first-order valence-corrected chi connectivity index (χ1v) is 3.56. The van der Waals surface area contributed by atoms with E-state index >= 15 is 0 Å². The van der Waals surface area contributed by atoms with Crippen molar-refractivity contribution in [3.8, 4) is 0 Å². The van der Waals surface area contributed by atoms with Gasteiger partial charge in [-0.1, -0.05) is 0 Å². The van der Waals surface area contributed by atoms with E-state index < -0.39 is 0 Å². The van der Waals surface area contributed by atoms with E-state index in [1.165, 1.54) is 0 Å². The molecule has 1 unspecified atom stereocenters. The van der Waals surface area contributed by atoms with Gasteiger partial charge in [-0.3, -0.25) is 0 Å². The molecule has 1 heterocycles. The molecule has 1 aliphatic rings. The van der Waals surface area contributed by atoms with E-state index in [1.807, 2.05) is 7.05 Å². The molecule has 0 saturated carbocycles. The number of likely N-dealkylation sites (N-methyl/N-ethyl adjacent to an activating group) is 1. The average Bonchev–Trinajstić information content (AvgIpc) is 1.88. The minimum atomic E-state index is 0.135. The van der Waals surface area contributed by atoms with E-state index in [9.17, 15) is 4.79 Å². The summed E-state index contributed by atoms with van der Waals surface area (Å²) < 4.78 is 5.32. The number of rotatable bonds is 2. The first kappa shape index (κ1) is 7.69. The van der Waals surface area contributed by atoms with Gasteiger partial charge < -0.3 is 14.4 Å². The lowest BCUT2D eigenvalue weighted by atomic mass is 10.2. The van der Waals surface area contributed by atoms with E-state index in [0.717, 1.165) is 26.0 Å². The molecule has 10 heavy (non-hydrogen) atoms. The van der Waals surface area contributed by atoms with Gasteiger partial charge in [-0.05, 0) is 7.05 Å². The van der Waals surface area contributed by atoms with Crippen LogP contribution in [0.15, 0.2) is 0 Å². The molecular weight excluding hydrogens is 130 g/mol. The summed E-state index contributed by atoms with van der Waals surface area (Å²) in [6.07, 6.45) is 1.59. The molecule has 0 bridgehead atoms. The van der Waals surface area contributed by atoms with Crippen LogP contribution in [0.1, 0.15) is 6.42 Å². The minimum Gasteiger partial charge on any atom is -0.375 e. The molecule has 0 spiro atoms. The Morgan fingerprint density at radius 1 is 1.80 bits per heavy atom. The standard InChI is InChI=1S/C7H13NO2/c1-8-3-5-10-7(6-8)2-4-9/h4,7H,2-3,5-6H2,1H3. The lowest BCUT2D eigenvalue weighted by Gasteiger charge is -2.28. The van der Waals surface area contributed by atoms with Crippen LogP contribution in [0.3, 0.4) is 0 Å². The molecule has 0 N–H and O–H groups in total. The van der Waals surface area contributed by atoms with Crippen molar-refractivity contribution in [2.75, 3.05) is 26.7 Å². The highest BCUT2D eigenvalue weighted by Crippen LogP contribution is 2.04. The predicted octanol–water partition coefficient (Wildman–Crippen LogP) is -0.0940. The molecule has 0 aromatic heterocycles. The van der Waals surface area contributed by atoms with Gasteiger partial charge in [-0.25, -0.2) is 0 Å². The number of ether oxygens (including phenoxy) is 1. The summed E-state index contributed by atoms with van der Waals surface area (Å²) in [6, 6.07) is 0. The molecular formula is C7H13NO2. The van der Waals surface area contributed by atoms with Crippen molar-refractivity contribution in [1.29, 1.82) is 0 Å². The molecule has 58 valence electrons. The van der Waals surface area contributed by atoms with Crippen molar-refractivity contribution in [3.05, 3.63) is 0 Å². The summed E-state index contributed by atoms with van der Waals surface area (Å²) in [5.74, 6) is 0. The van der Waals surface area contributed by atoms with Gasteiger partial charge in [0.1, 0.15) is 6.29 Å². The fourth-order valence-corrected chi connectivity index (χ4v) is 1.12. The molecule has 0 aromatic rings. The third-order valence-corrected chi connectivity index (χ3v) is 1.70. The second-order valence-corrected chi connectivity index (χ2v) is 2.66. The Kier molecular flexibility index (Phi) is 2.83. The molecule has 3 heteroatoms. The Bertz CT molecular complexity index is 116. The molecule has 1 atom stereocenters. The van der Waals surface area contributed by atoms with Gasteiger partial charge in [0.05, 0.1) is 12.7 Å². The maximum atomic E-state index is 10.1. The normalized spacial score (nSPS) is 28.3. The zero-order valence-corrected chi connectivity index (χ0v) is 6.25. The van der Waals surface area contributed by atoms with Crippen molar-refractivity contribution in [2.24, 2.45) is 0 Å². The summed E-state index contributed by atoms with van der Waals surface area (Å²) >= 11 is 0. The number of aldehydes is 1. The van der Waals surface area contributed by atoms with Gasteiger partial charge in [0.2, 0.25) is 0 Å². The van der Waals surface area contributed by atoms with Crippen molar-refractivity contribution in [1.82, 2.24) is 4.90 Å². The second-order valence-electron chi connectivity index (χ2n) is 2.66. The fraction of sp³-hybridized carbons (Fsp3) is 0.857. The van der Waals surface area contributed by atoms with Crippen LogP contribution in [-0.4, -0.2) is 44.0 Å². The molecule has 1 aliphatic heterocycles. The van der Waals surface area contributed by atoms with Crippen LogP contribution in [0, 0.1) is 0 Å². The smallest absolute Gasteiger partial charge is 0.122 e. The van der Waals surface area contributed by atoms with Crippen molar-refractivity contribution < 1.29 is 9.53 Å². The van der Waals surface area contributed by atoms with Gasteiger partial charge in [0.15, 0.2) is 0 Å². The van der Waals surface area contributed by atoms with Crippen LogP contribution in [0.5, 0.6) is 0 Å². The lowest BCUT2D eigenvalue weighted by Crippen LogP contribution is -2.39. The van der Waals surface area contributed by atoms with Gasteiger partial charge in [-0.2, -0.15) is 0 Å². The molecule has 0 amide bonds. The lowest BCUT2D eigenvalue weighted by molar-refractivity contribution is -0.112. The quantitative estimate of drug-likeness (QED) is 0.506. The largest absolute Gasteiger partial charge is 0.375 e. The van der Waals surface area contributed by atoms with Gasteiger partial charge in [0.25, 0.3) is 0 Å². The summed E-state index contributed by atoms with van der Waals surface area (Å²) in [5, 5.41) is 0. The number of carbonyl (C=O) groups is 1. The predicted molar refractivity (Wildman–Crippen MR) is 37.9 cm³/mol. The van der Waals surface area contributed by atoms with Crippen molar-refractivity contribution in [2.45, 2.75) is 12.5 Å². The molecule has 1 rings (SSSR count). The summed E-state index contributed by atoms with van der Waals surface area (Å²) in [5.41, 5.74) is 0. The van der Waals surface area contributed by atoms with Crippen LogP contribution in [0.2, 0.25) is 0 Å². The highest BCUT2D eigenvalue weighted by Gasteiger charge is 2.16. The maximum Gasteiger partial charge on any atom is 0.122 e. The first-order valence-electron chi connectivity index (χ1n) is 3.56. The Morgan fingerprint density at radius 3 is 3.20 bits per heavy atom. The molecule has 0 aromatic carbocycles. The summed E-state index contributed by atoms with van der Waals surface area (Å²) in [6.45, 7) is 2.63. The number of carbonyl (C=O) groups excluding carboxylic acids is 1. The van der Waals surface area contributed by atoms with Crippen molar-refractivity contribution >= 4 is 6.29 Å². The average molecular weight is 143 g/mol. The number of hydrogen-bond donors (Lipinski definition) is 0.